The molecule has 0 saturated carbocycles. The molecule has 184 valence electrons. The number of nitrogens with zero attached hydrogens (tertiary/aromatic N) is 4. The number of nitrogens with one attached hydrogen (secondary N) is 1. The molecule has 2 aromatic carbocycles. The van der Waals surface area contributed by atoms with E-state index in [1.165, 1.54) is 12.7 Å². The van der Waals surface area contributed by atoms with E-state index in [1.54, 1.807) is 10.9 Å². The van der Waals surface area contributed by atoms with Crippen molar-refractivity contribution in [2.45, 2.75) is 37.8 Å². The summed E-state index contributed by atoms with van der Waals surface area (Å²) in [7, 11) is 1.31. The lowest BCUT2D eigenvalue weighted by atomic mass is 10.1. The fraction of sp³-hybridized carbons (Fsp3) is 0.385. The molecule has 0 bridgehead atoms. The summed E-state index contributed by atoms with van der Waals surface area (Å²) in [5.74, 6) is -0.521. The molecule has 1 amide bonds. The molecule has 2 atom stereocenters. The van der Waals surface area contributed by atoms with Crippen LogP contribution >= 0.6 is 11.6 Å². The predicted octanol–water partition coefficient (Wildman–Crippen LogP) is 3.33. The number of rotatable bonds is 10. The minimum Gasteiger partial charge on any atom is -0.464 e. The van der Waals surface area contributed by atoms with Crippen molar-refractivity contribution in [3.8, 4) is 0 Å². The van der Waals surface area contributed by atoms with Crippen LogP contribution in [0.3, 0.4) is 0 Å². The maximum absolute atomic E-state index is 13.2. The van der Waals surface area contributed by atoms with Crippen LogP contribution in [0.1, 0.15) is 40.5 Å². The number of amides is 1. The summed E-state index contributed by atoms with van der Waals surface area (Å²) in [5, 5.41) is 11.8. The number of methoxy groups -OCH3 is 1. The molecule has 0 unspecified atom stereocenters. The van der Waals surface area contributed by atoms with Crippen LogP contribution in [0.5, 0.6) is 0 Å². The number of hydrogen-bond acceptors (Lipinski definition) is 6. The summed E-state index contributed by atoms with van der Waals surface area (Å²) < 4.78 is 6.41. The second kappa shape index (κ2) is 12.0. The molecule has 35 heavy (non-hydrogen) atoms. The molecule has 1 aromatic heterocycles. The number of likely N-dealkylation sites (tertiary alicyclic amines) is 1. The van der Waals surface area contributed by atoms with Crippen LogP contribution in [0, 0.1) is 0 Å². The number of carbonyl (C=O) groups excluding carboxylic acids is 2. The van der Waals surface area contributed by atoms with Gasteiger partial charge in [0, 0.05) is 18.1 Å². The van der Waals surface area contributed by atoms with Gasteiger partial charge in [0.05, 0.1) is 25.4 Å². The highest BCUT2D eigenvalue weighted by molar-refractivity contribution is 6.30. The van der Waals surface area contributed by atoms with Gasteiger partial charge in [0.1, 0.15) is 0 Å². The zero-order valence-corrected chi connectivity index (χ0v) is 20.5. The van der Waals surface area contributed by atoms with Crippen molar-refractivity contribution in [1.29, 1.82) is 0 Å². The molecule has 8 nitrogen and oxygen atoms in total. The average Bonchev–Trinajstić information content (AvgIpc) is 3.52. The predicted molar refractivity (Wildman–Crippen MR) is 133 cm³/mol. The lowest BCUT2D eigenvalue weighted by Gasteiger charge is -2.23. The highest BCUT2D eigenvalue weighted by Gasteiger charge is 2.38. The summed E-state index contributed by atoms with van der Waals surface area (Å²) in [5.41, 5.74) is 2.53. The number of aryl methyl sites for hydroxylation is 1. The zero-order chi connectivity index (χ0) is 24.6. The van der Waals surface area contributed by atoms with E-state index in [-0.39, 0.29) is 23.7 Å². The SMILES string of the molecule is COC(=O)c1cn([C@@H]2C[C@@H](C(=O)NCCc3cccc(Cl)c3)N(CCCc3ccccc3)C2)nn1. The zero-order valence-electron chi connectivity index (χ0n) is 19.8. The van der Waals surface area contributed by atoms with E-state index in [9.17, 15) is 9.59 Å². The molecule has 0 spiro atoms. The first-order chi connectivity index (χ1) is 17.0. The van der Waals surface area contributed by atoms with E-state index in [1.807, 2.05) is 42.5 Å². The normalized spacial score (nSPS) is 17.9. The number of carbonyl (C=O) groups is 2. The molecule has 1 aliphatic heterocycles. The summed E-state index contributed by atoms with van der Waals surface area (Å²) in [6, 6.07) is 17.7. The number of ether oxygens (including phenoxy) is 1. The van der Waals surface area contributed by atoms with E-state index >= 15 is 0 Å². The fourth-order valence-electron chi connectivity index (χ4n) is 4.52. The van der Waals surface area contributed by atoms with Gasteiger partial charge in [0.25, 0.3) is 0 Å². The Labute approximate surface area is 210 Å². The van der Waals surface area contributed by atoms with Crippen LogP contribution in [0.2, 0.25) is 5.02 Å². The fourth-order valence-corrected chi connectivity index (χ4v) is 4.73. The number of esters is 1. The Kier molecular flexibility index (Phi) is 8.50. The van der Waals surface area contributed by atoms with Crippen molar-refractivity contribution < 1.29 is 14.3 Å². The third-order valence-corrected chi connectivity index (χ3v) is 6.55. The highest BCUT2D eigenvalue weighted by atomic mass is 35.5. The number of aromatic nitrogens is 3. The second-order valence-electron chi connectivity index (χ2n) is 8.74. The maximum atomic E-state index is 13.2. The molecule has 9 heteroatoms. The van der Waals surface area contributed by atoms with Gasteiger partial charge in [0.2, 0.25) is 5.91 Å². The summed E-state index contributed by atoms with van der Waals surface area (Å²) in [6.45, 7) is 1.98. The van der Waals surface area contributed by atoms with Gasteiger partial charge in [-0.3, -0.25) is 9.69 Å². The Morgan fingerprint density at radius 3 is 2.69 bits per heavy atom. The molecule has 4 rings (SSSR count). The second-order valence-corrected chi connectivity index (χ2v) is 9.17. The van der Waals surface area contributed by atoms with Crippen molar-refractivity contribution in [2.75, 3.05) is 26.7 Å². The third-order valence-electron chi connectivity index (χ3n) is 6.32. The quantitative estimate of drug-likeness (QED) is 0.434. The molecule has 2 heterocycles. The molecular weight excluding hydrogens is 466 g/mol. The van der Waals surface area contributed by atoms with Gasteiger partial charge < -0.3 is 10.1 Å². The Balaban J connectivity index is 1.39. The Bertz CT molecular complexity index is 1140. The smallest absolute Gasteiger partial charge is 0.360 e. The Morgan fingerprint density at radius 1 is 1.11 bits per heavy atom. The van der Waals surface area contributed by atoms with Crippen LogP contribution in [0.15, 0.2) is 60.8 Å². The number of halogens is 1. The van der Waals surface area contributed by atoms with Crippen LogP contribution in [0.25, 0.3) is 0 Å². The molecule has 0 aliphatic carbocycles. The maximum Gasteiger partial charge on any atom is 0.360 e. The van der Waals surface area contributed by atoms with Crippen molar-refractivity contribution in [3.63, 3.8) is 0 Å². The van der Waals surface area contributed by atoms with Crippen LogP contribution in [-0.4, -0.2) is 64.6 Å². The van der Waals surface area contributed by atoms with Gasteiger partial charge in [-0.2, -0.15) is 0 Å². The largest absolute Gasteiger partial charge is 0.464 e. The average molecular weight is 496 g/mol. The Hall–Kier alpha value is -3.23. The van der Waals surface area contributed by atoms with Crippen LogP contribution < -0.4 is 5.32 Å². The number of benzene rings is 2. The van der Waals surface area contributed by atoms with E-state index in [0.29, 0.717) is 31.0 Å². The molecular formula is C26H30ClN5O3. The lowest BCUT2D eigenvalue weighted by Crippen LogP contribution is -2.44. The molecule has 1 aliphatic rings. The van der Waals surface area contributed by atoms with Crippen LogP contribution in [0.4, 0.5) is 0 Å². The van der Waals surface area contributed by atoms with Crippen LogP contribution in [-0.2, 0) is 22.4 Å². The minimum absolute atomic E-state index is 0.00236. The standard InChI is InChI=1S/C26H30ClN5O3/c1-35-26(34)23-18-32(30-29-23)22-16-24(25(33)28-13-12-20-9-5-11-21(27)15-20)31(17-22)14-6-10-19-7-3-2-4-8-19/h2-5,7-9,11,15,18,22,24H,6,10,12-14,16-17H2,1H3,(H,28,33)/t22-,24+/m1/s1. The molecule has 0 radical (unpaired) electrons. The first-order valence-corrected chi connectivity index (χ1v) is 12.2. The van der Waals surface area contributed by atoms with E-state index < -0.39 is 5.97 Å². The van der Waals surface area contributed by atoms with Crippen molar-refractivity contribution in [1.82, 2.24) is 25.2 Å². The molecule has 3 aromatic rings. The van der Waals surface area contributed by atoms with Gasteiger partial charge in [0.15, 0.2) is 5.69 Å². The highest BCUT2D eigenvalue weighted by Crippen LogP contribution is 2.27. The monoisotopic (exact) mass is 495 g/mol. The van der Waals surface area contributed by atoms with Gasteiger partial charge in [-0.25, -0.2) is 9.48 Å². The van der Waals surface area contributed by atoms with E-state index in [0.717, 1.165) is 24.9 Å². The minimum atomic E-state index is -0.524. The molecule has 1 saturated heterocycles. The van der Waals surface area contributed by atoms with E-state index in [2.05, 4.69) is 32.7 Å². The van der Waals surface area contributed by atoms with Gasteiger partial charge in [-0.05, 0) is 55.5 Å². The summed E-state index contributed by atoms with van der Waals surface area (Å²) in [4.78, 5) is 27.2. The lowest BCUT2D eigenvalue weighted by molar-refractivity contribution is -0.125. The topological polar surface area (TPSA) is 89.4 Å². The Morgan fingerprint density at radius 2 is 1.91 bits per heavy atom. The summed E-state index contributed by atoms with van der Waals surface area (Å²) in [6.07, 6.45) is 4.78. The molecule has 1 N–H and O–H groups in total. The van der Waals surface area contributed by atoms with Gasteiger partial charge >= 0.3 is 5.97 Å². The first-order valence-electron chi connectivity index (χ1n) is 11.8. The van der Waals surface area contributed by atoms with Crippen molar-refractivity contribution in [2.24, 2.45) is 0 Å². The van der Waals surface area contributed by atoms with E-state index in [4.69, 9.17) is 16.3 Å². The third kappa shape index (κ3) is 6.68. The summed E-state index contributed by atoms with van der Waals surface area (Å²) >= 11 is 6.07. The number of hydrogen-bond donors (Lipinski definition) is 1. The molecule has 1 fully saturated rings. The first kappa shape index (κ1) is 24.9. The van der Waals surface area contributed by atoms with Crippen molar-refractivity contribution in [3.05, 3.63) is 82.6 Å². The van der Waals surface area contributed by atoms with Gasteiger partial charge in [-0.1, -0.05) is 59.3 Å². The van der Waals surface area contributed by atoms with Crippen molar-refractivity contribution >= 4 is 23.5 Å². The van der Waals surface area contributed by atoms with Gasteiger partial charge in [-0.15, -0.1) is 5.10 Å².